The van der Waals surface area contributed by atoms with E-state index >= 15 is 0 Å². The van der Waals surface area contributed by atoms with Gasteiger partial charge in [-0.15, -0.1) is 24.8 Å². The monoisotopic (exact) mass is 458 g/mol. The fraction of sp³-hybridized carbons (Fsp3) is 0.250. The summed E-state index contributed by atoms with van der Waals surface area (Å²) in [4.78, 5) is 7.03. The number of fused-ring (bicyclic) bond motifs is 1. The lowest BCUT2D eigenvalue weighted by atomic mass is 10.0. The third kappa shape index (κ3) is 4.48. The number of nitrogens with zero attached hydrogens (tertiary/aromatic N) is 2. The lowest BCUT2D eigenvalue weighted by molar-refractivity contribution is 0.585. The highest BCUT2D eigenvalue weighted by Gasteiger charge is 2.16. The van der Waals surface area contributed by atoms with Gasteiger partial charge in [0.15, 0.2) is 0 Å². The molecule has 0 unspecified atom stereocenters. The van der Waals surface area contributed by atoms with E-state index in [-0.39, 0.29) is 24.8 Å². The van der Waals surface area contributed by atoms with Gasteiger partial charge in [0.25, 0.3) is 0 Å². The van der Waals surface area contributed by atoms with E-state index in [2.05, 4.69) is 16.3 Å². The largest absolute Gasteiger partial charge is 0.353 e. The van der Waals surface area contributed by atoms with Crippen molar-refractivity contribution in [2.45, 2.75) is 6.54 Å². The summed E-state index contributed by atoms with van der Waals surface area (Å²) in [5.41, 5.74) is 9.65. The van der Waals surface area contributed by atoms with Crippen molar-refractivity contribution in [1.82, 2.24) is 10.3 Å². The molecule has 0 radical (unpaired) electrons. The maximum Gasteiger partial charge on any atom is 0.148 e. The van der Waals surface area contributed by atoms with Crippen molar-refractivity contribution in [2.75, 3.05) is 31.1 Å². The van der Waals surface area contributed by atoms with Gasteiger partial charge in [-0.2, -0.15) is 0 Å². The van der Waals surface area contributed by atoms with Crippen LogP contribution in [0.1, 0.15) is 5.56 Å². The Kier molecular flexibility index (Phi) is 8.19. The van der Waals surface area contributed by atoms with Gasteiger partial charge in [-0.25, -0.2) is 4.98 Å². The predicted octanol–water partition coefficient (Wildman–Crippen LogP) is 4.92. The Balaban J connectivity index is 0.00000140. The molecule has 4 rings (SSSR count). The van der Waals surface area contributed by atoms with Gasteiger partial charge in [-0.05, 0) is 29.3 Å². The van der Waals surface area contributed by atoms with Gasteiger partial charge in [0, 0.05) is 43.7 Å². The number of nitrogens with two attached hydrogens (primary N) is 1. The number of anilines is 1. The van der Waals surface area contributed by atoms with Crippen molar-refractivity contribution in [3.63, 3.8) is 0 Å². The summed E-state index contributed by atoms with van der Waals surface area (Å²) >= 11 is 13.1. The molecule has 2 aromatic carbocycles. The molecule has 150 valence electrons. The first-order chi connectivity index (χ1) is 12.7. The molecule has 1 saturated heterocycles. The first kappa shape index (κ1) is 23.0. The Morgan fingerprint density at radius 2 is 1.79 bits per heavy atom. The average Bonchev–Trinajstić information content (AvgIpc) is 2.68. The molecule has 1 aliphatic rings. The van der Waals surface area contributed by atoms with E-state index in [1.54, 1.807) is 0 Å². The van der Waals surface area contributed by atoms with E-state index in [0.29, 0.717) is 16.6 Å². The highest BCUT2D eigenvalue weighted by Crippen LogP contribution is 2.34. The maximum absolute atomic E-state index is 6.55. The van der Waals surface area contributed by atoms with Gasteiger partial charge in [-0.1, -0.05) is 47.5 Å². The van der Waals surface area contributed by atoms with Crippen LogP contribution in [0.3, 0.4) is 0 Å². The van der Waals surface area contributed by atoms with Crippen molar-refractivity contribution >= 4 is 64.7 Å². The smallest absolute Gasteiger partial charge is 0.148 e. The van der Waals surface area contributed by atoms with Crippen LogP contribution in [0, 0.1) is 0 Å². The Hall–Kier alpha value is -1.27. The standard InChI is InChI=1S/C20H20Cl2N4.2ClH/c21-17-11-15-10-13(16-3-1-2-14(12-23)19(16)22)4-5-18(15)25-20(17)26-8-6-24-7-9-26;;/h1-5,10-11,24H,6-9,12,23H2;2*1H. The quantitative estimate of drug-likeness (QED) is 0.583. The Morgan fingerprint density at radius 3 is 2.50 bits per heavy atom. The van der Waals surface area contributed by atoms with E-state index in [0.717, 1.165) is 59.6 Å². The van der Waals surface area contributed by atoms with Crippen LogP contribution in [-0.4, -0.2) is 31.2 Å². The summed E-state index contributed by atoms with van der Waals surface area (Å²) < 4.78 is 0. The van der Waals surface area contributed by atoms with E-state index < -0.39 is 0 Å². The number of hydrogen-bond donors (Lipinski definition) is 2. The van der Waals surface area contributed by atoms with E-state index in [1.165, 1.54) is 0 Å². The van der Waals surface area contributed by atoms with Crippen LogP contribution in [0.5, 0.6) is 0 Å². The summed E-state index contributed by atoms with van der Waals surface area (Å²) in [6, 6.07) is 14.1. The third-order valence-corrected chi connectivity index (χ3v) is 5.50. The van der Waals surface area contributed by atoms with Gasteiger partial charge >= 0.3 is 0 Å². The Labute approximate surface area is 187 Å². The van der Waals surface area contributed by atoms with Crippen molar-refractivity contribution in [3.05, 3.63) is 58.1 Å². The minimum absolute atomic E-state index is 0. The minimum atomic E-state index is 0. The van der Waals surface area contributed by atoms with Crippen LogP contribution in [0.4, 0.5) is 5.82 Å². The number of pyridine rings is 1. The van der Waals surface area contributed by atoms with Gasteiger partial charge in [0.1, 0.15) is 5.82 Å². The molecule has 3 N–H and O–H groups in total. The maximum atomic E-state index is 6.55. The van der Waals surface area contributed by atoms with Crippen molar-refractivity contribution in [1.29, 1.82) is 0 Å². The molecule has 0 amide bonds. The lowest BCUT2D eigenvalue weighted by Crippen LogP contribution is -2.44. The fourth-order valence-electron chi connectivity index (χ4n) is 3.37. The molecule has 2 heterocycles. The number of benzene rings is 2. The van der Waals surface area contributed by atoms with Gasteiger partial charge < -0.3 is 16.0 Å². The first-order valence-electron chi connectivity index (χ1n) is 8.71. The summed E-state index contributed by atoms with van der Waals surface area (Å²) in [7, 11) is 0. The molecular formula is C20H22Cl4N4. The molecule has 28 heavy (non-hydrogen) atoms. The SMILES string of the molecule is Cl.Cl.NCc1cccc(-c2ccc3nc(N4CCNCC4)c(Cl)cc3c2)c1Cl. The average molecular weight is 460 g/mol. The molecule has 1 fully saturated rings. The summed E-state index contributed by atoms with van der Waals surface area (Å²) in [5.74, 6) is 0.858. The molecule has 4 nitrogen and oxygen atoms in total. The lowest BCUT2D eigenvalue weighted by Gasteiger charge is -2.29. The summed E-state index contributed by atoms with van der Waals surface area (Å²) in [5, 5.41) is 5.73. The molecule has 0 bridgehead atoms. The van der Waals surface area contributed by atoms with Crippen molar-refractivity contribution < 1.29 is 0 Å². The molecular weight excluding hydrogens is 438 g/mol. The summed E-state index contributed by atoms with van der Waals surface area (Å²) in [6.45, 7) is 4.15. The number of nitrogens with one attached hydrogen (secondary N) is 1. The highest BCUT2D eigenvalue weighted by molar-refractivity contribution is 6.34. The second-order valence-corrected chi connectivity index (χ2v) is 7.21. The molecule has 0 atom stereocenters. The molecule has 1 aliphatic heterocycles. The number of aromatic nitrogens is 1. The van der Waals surface area contributed by atoms with Crippen molar-refractivity contribution in [3.8, 4) is 11.1 Å². The van der Waals surface area contributed by atoms with Crippen LogP contribution in [-0.2, 0) is 6.54 Å². The molecule has 8 heteroatoms. The fourth-order valence-corrected chi connectivity index (χ4v) is 3.96. The predicted molar refractivity (Wildman–Crippen MR) is 125 cm³/mol. The van der Waals surface area contributed by atoms with E-state index in [9.17, 15) is 0 Å². The van der Waals surface area contributed by atoms with Crippen LogP contribution in [0.15, 0.2) is 42.5 Å². The number of hydrogen-bond acceptors (Lipinski definition) is 4. The van der Waals surface area contributed by atoms with Gasteiger partial charge in [0.05, 0.1) is 15.6 Å². The van der Waals surface area contributed by atoms with Gasteiger partial charge in [-0.3, -0.25) is 0 Å². The Bertz CT molecular complexity index is 958. The normalized spacial score (nSPS) is 13.8. The van der Waals surface area contributed by atoms with E-state index in [1.807, 2.05) is 36.4 Å². The zero-order valence-corrected chi connectivity index (χ0v) is 18.3. The molecule has 0 aliphatic carbocycles. The second-order valence-electron chi connectivity index (χ2n) is 6.42. The summed E-state index contributed by atoms with van der Waals surface area (Å²) in [6.07, 6.45) is 0. The van der Waals surface area contributed by atoms with Gasteiger partial charge in [0.2, 0.25) is 0 Å². The van der Waals surface area contributed by atoms with Crippen LogP contribution in [0.2, 0.25) is 10.0 Å². The second kappa shape index (κ2) is 9.97. The number of piperazine rings is 1. The zero-order chi connectivity index (χ0) is 18.1. The molecule has 3 aromatic rings. The number of rotatable bonds is 3. The Morgan fingerprint density at radius 1 is 1.04 bits per heavy atom. The first-order valence-corrected chi connectivity index (χ1v) is 9.47. The topological polar surface area (TPSA) is 54.2 Å². The van der Waals surface area contributed by atoms with Crippen LogP contribution in [0.25, 0.3) is 22.0 Å². The van der Waals surface area contributed by atoms with Crippen LogP contribution >= 0.6 is 48.0 Å². The number of halogens is 4. The van der Waals surface area contributed by atoms with E-state index in [4.69, 9.17) is 33.9 Å². The minimum Gasteiger partial charge on any atom is -0.353 e. The molecule has 0 saturated carbocycles. The van der Waals surface area contributed by atoms with Crippen LogP contribution < -0.4 is 16.0 Å². The molecule has 0 spiro atoms. The van der Waals surface area contributed by atoms with Crippen molar-refractivity contribution in [2.24, 2.45) is 5.73 Å². The highest BCUT2D eigenvalue weighted by atomic mass is 35.5. The molecule has 1 aromatic heterocycles. The zero-order valence-electron chi connectivity index (χ0n) is 15.1. The third-order valence-electron chi connectivity index (χ3n) is 4.78.